The first-order chi connectivity index (χ1) is 6.24. The van der Waals surface area contributed by atoms with Crippen LogP contribution >= 0.6 is 0 Å². The van der Waals surface area contributed by atoms with E-state index in [9.17, 15) is 4.39 Å². The Morgan fingerprint density at radius 3 is 2.77 bits per heavy atom. The van der Waals surface area contributed by atoms with Gasteiger partial charge in [0.15, 0.2) is 0 Å². The first-order valence-electron chi connectivity index (χ1n) is 4.54. The maximum absolute atomic E-state index is 12.8. The van der Waals surface area contributed by atoms with Crippen LogP contribution in [0.2, 0.25) is 0 Å². The minimum Gasteiger partial charge on any atom is -0.399 e. The van der Waals surface area contributed by atoms with Crippen molar-refractivity contribution in [2.24, 2.45) is 5.92 Å². The summed E-state index contributed by atoms with van der Waals surface area (Å²) in [4.78, 5) is 0. The van der Waals surface area contributed by atoms with E-state index < -0.39 is 0 Å². The molecule has 0 spiro atoms. The van der Waals surface area contributed by atoms with Crippen LogP contribution in [0.15, 0.2) is 18.2 Å². The molecule has 0 aromatic heterocycles. The lowest BCUT2D eigenvalue weighted by atomic mass is 10.2. The zero-order valence-electron chi connectivity index (χ0n) is 7.39. The zero-order valence-corrected chi connectivity index (χ0v) is 7.39. The molecule has 1 saturated carbocycles. The third-order valence-electron chi connectivity index (χ3n) is 2.21. The smallest absolute Gasteiger partial charge is 0.127 e. The van der Waals surface area contributed by atoms with Gasteiger partial charge in [0.05, 0.1) is 0 Å². The quantitative estimate of drug-likeness (QED) is 0.700. The van der Waals surface area contributed by atoms with Crippen LogP contribution in [0.5, 0.6) is 0 Å². The van der Waals surface area contributed by atoms with Gasteiger partial charge in [0.25, 0.3) is 0 Å². The fourth-order valence-corrected chi connectivity index (χ4v) is 1.30. The Morgan fingerprint density at radius 1 is 1.38 bits per heavy atom. The number of rotatable bonds is 3. The van der Waals surface area contributed by atoms with Gasteiger partial charge in [0, 0.05) is 17.9 Å². The number of nitrogens with one attached hydrogen (secondary N) is 1. The van der Waals surface area contributed by atoms with Crippen molar-refractivity contribution in [2.75, 3.05) is 17.6 Å². The molecule has 0 amide bonds. The van der Waals surface area contributed by atoms with Crippen LogP contribution in [0, 0.1) is 11.7 Å². The lowest BCUT2D eigenvalue weighted by Gasteiger charge is -2.05. The van der Waals surface area contributed by atoms with Crippen molar-refractivity contribution in [3.63, 3.8) is 0 Å². The first-order valence-corrected chi connectivity index (χ1v) is 4.54. The van der Waals surface area contributed by atoms with Crippen LogP contribution in [0.25, 0.3) is 0 Å². The van der Waals surface area contributed by atoms with Gasteiger partial charge in [-0.05, 0) is 37.0 Å². The number of benzene rings is 1. The third-order valence-corrected chi connectivity index (χ3v) is 2.21. The van der Waals surface area contributed by atoms with E-state index in [2.05, 4.69) is 5.32 Å². The van der Waals surface area contributed by atoms with Crippen molar-refractivity contribution in [3.8, 4) is 0 Å². The zero-order chi connectivity index (χ0) is 9.26. The molecule has 1 aliphatic rings. The number of nitrogen functional groups attached to an aromatic ring is 1. The summed E-state index contributed by atoms with van der Waals surface area (Å²) in [5.74, 6) is 0.503. The number of halogens is 1. The predicted octanol–water partition coefficient (Wildman–Crippen LogP) is 2.23. The highest BCUT2D eigenvalue weighted by atomic mass is 19.1. The highest BCUT2D eigenvalue weighted by Gasteiger charge is 2.20. The van der Waals surface area contributed by atoms with Crippen molar-refractivity contribution < 1.29 is 4.39 Å². The van der Waals surface area contributed by atoms with Crippen molar-refractivity contribution in [3.05, 3.63) is 24.0 Å². The third kappa shape index (κ3) is 2.34. The summed E-state index contributed by atoms with van der Waals surface area (Å²) in [6.45, 7) is 0.933. The maximum Gasteiger partial charge on any atom is 0.127 e. The minimum absolute atomic E-state index is 0.279. The van der Waals surface area contributed by atoms with E-state index in [1.165, 1.54) is 25.0 Å². The van der Waals surface area contributed by atoms with Crippen molar-refractivity contribution in [2.45, 2.75) is 12.8 Å². The van der Waals surface area contributed by atoms with Crippen molar-refractivity contribution >= 4 is 11.4 Å². The number of hydrogen-bond donors (Lipinski definition) is 2. The summed E-state index contributed by atoms with van der Waals surface area (Å²) < 4.78 is 12.8. The summed E-state index contributed by atoms with van der Waals surface area (Å²) in [7, 11) is 0. The SMILES string of the molecule is Nc1cc(F)cc(NCC2CC2)c1. The van der Waals surface area contributed by atoms with Gasteiger partial charge >= 0.3 is 0 Å². The van der Waals surface area contributed by atoms with Crippen molar-refractivity contribution in [1.29, 1.82) is 0 Å². The molecule has 1 aromatic carbocycles. The summed E-state index contributed by atoms with van der Waals surface area (Å²) in [6.07, 6.45) is 2.58. The molecule has 2 nitrogen and oxygen atoms in total. The molecule has 70 valence electrons. The highest BCUT2D eigenvalue weighted by Crippen LogP contribution is 2.29. The molecule has 0 atom stereocenters. The van der Waals surface area contributed by atoms with E-state index in [1.807, 2.05) is 0 Å². The minimum atomic E-state index is -0.279. The molecular formula is C10H13FN2. The molecule has 1 aliphatic carbocycles. The average molecular weight is 180 g/mol. The van der Waals surface area contributed by atoms with Crippen molar-refractivity contribution in [1.82, 2.24) is 0 Å². The molecule has 0 bridgehead atoms. The fourth-order valence-electron chi connectivity index (χ4n) is 1.30. The van der Waals surface area contributed by atoms with E-state index in [1.54, 1.807) is 6.07 Å². The number of hydrogen-bond acceptors (Lipinski definition) is 2. The normalized spacial score (nSPS) is 15.8. The number of anilines is 2. The Kier molecular flexibility index (Phi) is 2.08. The molecule has 13 heavy (non-hydrogen) atoms. The maximum atomic E-state index is 12.8. The Labute approximate surface area is 76.9 Å². The van der Waals surface area contributed by atoms with Gasteiger partial charge in [-0.3, -0.25) is 0 Å². The van der Waals surface area contributed by atoms with Gasteiger partial charge in [-0.15, -0.1) is 0 Å². The topological polar surface area (TPSA) is 38.0 Å². The lowest BCUT2D eigenvalue weighted by Crippen LogP contribution is -2.03. The predicted molar refractivity (Wildman–Crippen MR) is 52.0 cm³/mol. The van der Waals surface area contributed by atoms with E-state index in [0.29, 0.717) is 5.69 Å². The van der Waals surface area contributed by atoms with Crippen LogP contribution in [-0.4, -0.2) is 6.54 Å². The van der Waals surface area contributed by atoms with E-state index in [-0.39, 0.29) is 5.82 Å². The monoisotopic (exact) mass is 180 g/mol. The molecule has 0 saturated heterocycles. The molecule has 0 heterocycles. The first kappa shape index (κ1) is 8.35. The summed E-state index contributed by atoms with van der Waals surface area (Å²) in [6, 6.07) is 4.55. The largest absolute Gasteiger partial charge is 0.399 e. The highest BCUT2D eigenvalue weighted by molar-refractivity contribution is 5.54. The van der Waals surface area contributed by atoms with Crippen LogP contribution in [0.1, 0.15) is 12.8 Å². The van der Waals surface area contributed by atoms with Gasteiger partial charge < -0.3 is 11.1 Å². The lowest BCUT2D eigenvalue weighted by molar-refractivity contribution is 0.629. The standard InChI is InChI=1S/C10H13FN2/c11-8-3-9(12)5-10(4-8)13-6-7-1-2-7/h3-5,7,13H,1-2,6,12H2. The van der Waals surface area contributed by atoms with Gasteiger partial charge in [-0.2, -0.15) is 0 Å². The van der Waals surface area contributed by atoms with Gasteiger partial charge in [0.2, 0.25) is 0 Å². The Morgan fingerprint density at radius 2 is 2.15 bits per heavy atom. The van der Waals surface area contributed by atoms with Crippen LogP contribution in [0.3, 0.4) is 0 Å². The van der Waals surface area contributed by atoms with Crippen LogP contribution in [0.4, 0.5) is 15.8 Å². The molecule has 0 aliphatic heterocycles. The van der Waals surface area contributed by atoms with Crippen LogP contribution in [-0.2, 0) is 0 Å². The van der Waals surface area contributed by atoms with E-state index in [4.69, 9.17) is 5.73 Å². The number of nitrogens with two attached hydrogens (primary N) is 1. The molecular weight excluding hydrogens is 167 g/mol. The summed E-state index contributed by atoms with van der Waals surface area (Å²) in [5.41, 5.74) is 6.75. The molecule has 1 aromatic rings. The van der Waals surface area contributed by atoms with Crippen LogP contribution < -0.4 is 11.1 Å². The molecule has 2 rings (SSSR count). The summed E-state index contributed by atoms with van der Waals surface area (Å²) in [5, 5.41) is 3.17. The molecule has 3 N–H and O–H groups in total. The molecule has 0 unspecified atom stereocenters. The average Bonchev–Trinajstić information content (AvgIpc) is 2.81. The summed E-state index contributed by atoms with van der Waals surface area (Å²) >= 11 is 0. The second-order valence-electron chi connectivity index (χ2n) is 3.60. The molecule has 1 fully saturated rings. The molecule has 0 radical (unpaired) electrons. The van der Waals surface area contributed by atoms with E-state index >= 15 is 0 Å². The van der Waals surface area contributed by atoms with E-state index in [0.717, 1.165) is 18.2 Å². The van der Waals surface area contributed by atoms with Gasteiger partial charge in [-0.25, -0.2) is 4.39 Å². The Bertz CT molecular complexity index is 288. The molecule has 3 heteroatoms. The Balaban J connectivity index is 2.01. The second-order valence-corrected chi connectivity index (χ2v) is 3.60. The second kappa shape index (κ2) is 3.24. The fraction of sp³-hybridized carbons (Fsp3) is 0.400. The van der Waals surface area contributed by atoms with Gasteiger partial charge in [-0.1, -0.05) is 0 Å². The van der Waals surface area contributed by atoms with Gasteiger partial charge in [0.1, 0.15) is 5.82 Å². The Hall–Kier alpha value is -1.25.